The van der Waals surface area contributed by atoms with Crippen LogP contribution < -0.4 is 5.14 Å². The number of thioether (sulfide) groups is 1. The van der Waals surface area contributed by atoms with Gasteiger partial charge in [-0.3, -0.25) is 0 Å². The zero-order valence-corrected chi connectivity index (χ0v) is 10.7. The van der Waals surface area contributed by atoms with E-state index in [1.165, 1.54) is 0 Å². The maximum Gasteiger partial charge on any atom is 0.209 e. The smallest absolute Gasteiger partial charge is 0.209 e. The van der Waals surface area contributed by atoms with Crippen LogP contribution in [0.4, 0.5) is 0 Å². The summed E-state index contributed by atoms with van der Waals surface area (Å²) in [6.07, 6.45) is 2.67. The molecule has 0 aromatic rings. The van der Waals surface area contributed by atoms with Crippen molar-refractivity contribution in [2.75, 3.05) is 31.4 Å². The van der Waals surface area contributed by atoms with Crippen LogP contribution in [0, 0.1) is 0 Å². The molecule has 0 saturated heterocycles. The van der Waals surface area contributed by atoms with E-state index in [2.05, 4.69) is 18.1 Å². The Bertz CT molecular complexity index is 242. The van der Waals surface area contributed by atoms with Gasteiger partial charge in [0, 0.05) is 11.8 Å². The van der Waals surface area contributed by atoms with E-state index in [0.717, 1.165) is 12.3 Å². The Morgan fingerprint density at radius 2 is 2.07 bits per heavy atom. The molecule has 0 heterocycles. The molecule has 6 heteroatoms. The van der Waals surface area contributed by atoms with Gasteiger partial charge in [0.05, 0.1) is 5.75 Å². The summed E-state index contributed by atoms with van der Waals surface area (Å²) in [5.41, 5.74) is 0. The molecule has 14 heavy (non-hydrogen) atoms. The minimum atomic E-state index is -3.29. The van der Waals surface area contributed by atoms with Crippen molar-refractivity contribution >= 4 is 21.8 Å². The summed E-state index contributed by atoms with van der Waals surface area (Å²) in [5, 5.41) is 4.91. The number of hydrogen-bond donors (Lipinski definition) is 1. The van der Waals surface area contributed by atoms with E-state index in [-0.39, 0.29) is 5.75 Å². The predicted molar refractivity (Wildman–Crippen MR) is 63.1 cm³/mol. The number of rotatable bonds is 7. The normalized spacial score (nSPS) is 14.6. The van der Waals surface area contributed by atoms with Gasteiger partial charge in [0.2, 0.25) is 10.0 Å². The Morgan fingerprint density at radius 3 is 2.50 bits per heavy atom. The highest BCUT2D eigenvalue weighted by Crippen LogP contribution is 2.04. The zero-order chi connectivity index (χ0) is 11.2. The molecule has 0 amide bonds. The quantitative estimate of drug-likeness (QED) is 0.697. The minimum absolute atomic E-state index is 0.0727. The van der Waals surface area contributed by atoms with Crippen LogP contribution in [0.5, 0.6) is 0 Å². The summed E-state index contributed by atoms with van der Waals surface area (Å²) in [7, 11) is -1.29. The molecule has 0 saturated carbocycles. The maximum absolute atomic E-state index is 10.7. The van der Waals surface area contributed by atoms with Crippen molar-refractivity contribution in [2.45, 2.75) is 19.4 Å². The van der Waals surface area contributed by atoms with Gasteiger partial charge in [0.15, 0.2) is 0 Å². The van der Waals surface area contributed by atoms with Gasteiger partial charge in [-0.1, -0.05) is 0 Å². The molecule has 0 aliphatic heterocycles. The van der Waals surface area contributed by atoms with Gasteiger partial charge in [-0.15, -0.1) is 0 Å². The summed E-state index contributed by atoms with van der Waals surface area (Å²) in [6.45, 7) is 2.91. The fraction of sp³-hybridized carbons (Fsp3) is 1.00. The van der Waals surface area contributed by atoms with Crippen molar-refractivity contribution in [3.05, 3.63) is 0 Å². The lowest BCUT2D eigenvalue weighted by atomic mass is 10.3. The second kappa shape index (κ2) is 6.66. The molecule has 4 nitrogen and oxygen atoms in total. The molecule has 2 N–H and O–H groups in total. The van der Waals surface area contributed by atoms with Crippen LogP contribution in [0.1, 0.15) is 13.3 Å². The number of hydrogen-bond acceptors (Lipinski definition) is 4. The highest BCUT2D eigenvalue weighted by molar-refractivity contribution is 7.98. The van der Waals surface area contributed by atoms with Crippen LogP contribution >= 0.6 is 11.8 Å². The van der Waals surface area contributed by atoms with Gasteiger partial charge >= 0.3 is 0 Å². The van der Waals surface area contributed by atoms with E-state index in [1.54, 1.807) is 11.8 Å². The molecule has 0 fully saturated rings. The monoisotopic (exact) mass is 240 g/mol. The lowest BCUT2D eigenvalue weighted by molar-refractivity contribution is 0.279. The second-order valence-corrected chi connectivity index (χ2v) is 6.15. The predicted octanol–water partition coefficient (Wildman–Crippen LogP) is 0.348. The minimum Gasteiger partial charge on any atom is -0.303 e. The molecule has 0 aliphatic carbocycles. The summed E-state index contributed by atoms with van der Waals surface area (Å²) in [6, 6.07) is 0.477. The lowest BCUT2D eigenvalue weighted by Crippen LogP contribution is -2.33. The highest BCUT2D eigenvalue weighted by Gasteiger charge is 2.09. The van der Waals surface area contributed by atoms with Gasteiger partial charge < -0.3 is 4.90 Å². The van der Waals surface area contributed by atoms with E-state index in [9.17, 15) is 8.42 Å². The topological polar surface area (TPSA) is 63.4 Å². The molecule has 1 atom stereocenters. The van der Waals surface area contributed by atoms with Crippen molar-refractivity contribution < 1.29 is 8.42 Å². The van der Waals surface area contributed by atoms with Crippen LogP contribution in [0.15, 0.2) is 0 Å². The van der Waals surface area contributed by atoms with Crippen LogP contribution in [0.2, 0.25) is 0 Å². The fourth-order valence-electron chi connectivity index (χ4n) is 1.10. The highest BCUT2D eigenvalue weighted by atomic mass is 32.2. The van der Waals surface area contributed by atoms with Crippen molar-refractivity contribution in [1.29, 1.82) is 0 Å². The van der Waals surface area contributed by atoms with Crippen molar-refractivity contribution in [3.63, 3.8) is 0 Å². The van der Waals surface area contributed by atoms with Gasteiger partial charge in [0.1, 0.15) is 0 Å². The lowest BCUT2D eigenvalue weighted by Gasteiger charge is -2.23. The molecule has 0 aromatic heterocycles. The van der Waals surface area contributed by atoms with Crippen molar-refractivity contribution in [3.8, 4) is 0 Å². The molecule has 86 valence electrons. The van der Waals surface area contributed by atoms with E-state index >= 15 is 0 Å². The molecule has 0 aromatic carbocycles. The fourth-order valence-corrected chi connectivity index (χ4v) is 2.37. The average molecular weight is 240 g/mol. The largest absolute Gasteiger partial charge is 0.303 e. The number of nitrogens with two attached hydrogens (primary N) is 1. The number of sulfonamides is 1. The standard InChI is InChI=1S/C8H20N2O2S2/c1-8(7-13-3)10(2)5-4-6-14(9,11)12/h8H,4-7H2,1-3H3,(H2,9,11,12). The second-order valence-electron chi connectivity index (χ2n) is 3.51. The maximum atomic E-state index is 10.7. The molecule has 0 spiro atoms. The number of primary sulfonamides is 1. The Labute approximate surface area is 91.3 Å². The average Bonchev–Trinajstić information content (AvgIpc) is 2.02. The zero-order valence-electron chi connectivity index (χ0n) is 9.06. The third-order valence-electron chi connectivity index (χ3n) is 2.10. The van der Waals surface area contributed by atoms with Crippen molar-refractivity contribution in [1.82, 2.24) is 4.90 Å². The van der Waals surface area contributed by atoms with Gasteiger partial charge in [0.25, 0.3) is 0 Å². The third kappa shape index (κ3) is 7.61. The summed E-state index contributed by atoms with van der Waals surface area (Å²) in [4.78, 5) is 2.15. The first kappa shape index (κ1) is 14.2. The summed E-state index contributed by atoms with van der Waals surface area (Å²) >= 11 is 1.79. The Balaban J connectivity index is 3.68. The van der Waals surface area contributed by atoms with E-state index in [0.29, 0.717) is 12.5 Å². The summed E-state index contributed by atoms with van der Waals surface area (Å²) in [5.74, 6) is 1.13. The van der Waals surface area contributed by atoms with Crippen LogP contribution in [-0.2, 0) is 10.0 Å². The molecule has 0 radical (unpaired) electrons. The van der Waals surface area contributed by atoms with E-state index in [4.69, 9.17) is 5.14 Å². The Kier molecular flexibility index (Phi) is 6.76. The first-order chi connectivity index (χ1) is 6.37. The van der Waals surface area contributed by atoms with Gasteiger partial charge in [-0.25, -0.2) is 13.6 Å². The first-order valence-electron chi connectivity index (χ1n) is 4.56. The van der Waals surface area contributed by atoms with Gasteiger partial charge in [-0.2, -0.15) is 11.8 Å². The van der Waals surface area contributed by atoms with Crippen LogP contribution in [-0.4, -0.2) is 50.7 Å². The molecule has 1 unspecified atom stereocenters. The molecular weight excluding hydrogens is 220 g/mol. The van der Waals surface area contributed by atoms with Crippen LogP contribution in [0.25, 0.3) is 0 Å². The molecule has 0 rings (SSSR count). The molecule has 0 bridgehead atoms. The third-order valence-corrected chi connectivity index (χ3v) is 3.77. The Hall–Kier alpha value is 0.220. The van der Waals surface area contributed by atoms with E-state index < -0.39 is 10.0 Å². The van der Waals surface area contributed by atoms with Crippen molar-refractivity contribution in [2.24, 2.45) is 5.14 Å². The van der Waals surface area contributed by atoms with E-state index in [1.807, 2.05) is 7.05 Å². The first-order valence-corrected chi connectivity index (χ1v) is 7.67. The Morgan fingerprint density at radius 1 is 1.50 bits per heavy atom. The summed E-state index contributed by atoms with van der Waals surface area (Å²) < 4.78 is 21.3. The molecular formula is C8H20N2O2S2. The van der Waals surface area contributed by atoms with Gasteiger partial charge in [-0.05, 0) is 33.2 Å². The molecule has 0 aliphatic rings. The SMILES string of the molecule is CSCC(C)N(C)CCCS(N)(=O)=O. The number of nitrogens with zero attached hydrogens (tertiary/aromatic N) is 1. The van der Waals surface area contributed by atoms with Crippen LogP contribution in [0.3, 0.4) is 0 Å².